The van der Waals surface area contributed by atoms with Crippen LogP contribution in [0.1, 0.15) is 43.0 Å². The second-order valence-corrected chi connectivity index (χ2v) is 7.69. The first-order chi connectivity index (χ1) is 15.3. The summed E-state index contributed by atoms with van der Waals surface area (Å²) in [6.07, 6.45) is 3.19. The summed E-state index contributed by atoms with van der Waals surface area (Å²) in [5.74, 6) is 1.43. The number of aryl methyl sites for hydroxylation is 2. The Labute approximate surface area is 186 Å². The lowest BCUT2D eigenvalue weighted by molar-refractivity contribution is 0.100. The Morgan fingerprint density at radius 1 is 0.562 bits per heavy atom. The van der Waals surface area contributed by atoms with E-state index in [-0.39, 0.29) is 22.7 Å². The molecule has 0 fully saturated rings. The van der Waals surface area contributed by atoms with Gasteiger partial charge in [0.25, 0.3) is 0 Å². The number of ether oxygens (including phenoxy) is 4. The zero-order valence-electron chi connectivity index (χ0n) is 18.9. The molecule has 0 aromatic heterocycles. The van der Waals surface area contributed by atoms with Gasteiger partial charge < -0.3 is 18.9 Å². The van der Waals surface area contributed by atoms with Gasteiger partial charge in [0.15, 0.2) is 11.6 Å². The highest BCUT2D eigenvalue weighted by Gasteiger charge is 2.34. The van der Waals surface area contributed by atoms with E-state index in [1.807, 2.05) is 26.0 Å². The van der Waals surface area contributed by atoms with Crippen molar-refractivity contribution in [1.82, 2.24) is 0 Å². The number of hydrogen-bond acceptors (Lipinski definition) is 6. The molecule has 6 nitrogen and oxygen atoms in total. The molecule has 2 aromatic rings. The van der Waals surface area contributed by atoms with Crippen molar-refractivity contribution in [3.63, 3.8) is 0 Å². The van der Waals surface area contributed by atoms with Gasteiger partial charge in [-0.15, -0.1) is 0 Å². The fraction of sp³-hybridized carbons (Fsp3) is 0.231. The molecule has 0 bridgehead atoms. The van der Waals surface area contributed by atoms with Gasteiger partial charge in [-0.05, 0) is 61.4 Å². The number of carbonyl (C=O) groups excluding carboxylic acids is 2. The smallest absolute Gasteiger partial charge is 0.194 e. The topological polar surface area (TPSA) is 71.1 Å². The first-order valence-electron chi connectivity index (χ1n) is 10.1. The summed E-state index contributed by atoms with van der Waals surface area (Å²) >= 11 is 0. The van der Waals surface area contributed by atoms with Gasteiger partial charge in [0.05, 0.1) is 39.6 Å². The second-order valence-electron chi connectivity index (χ2n) is 7.69. The van der Waals surface area contributed by atoms with E-state index in [4.69, 9.17) is 18.9 Å². The average Bonchev–Trinajstić information content (AvgIpc) is 2.79. The number of Topliss-reactive ketones (excluding diaryl/α,β-unsaturated/α-hetero) is 2. The Kier molecular flexibility index (Phi) is 5.38. The first-order valence-corrected chi connectivity index (χ1v) is 10.1. The number of rotatable bonds is 4. The quantitative estimate of drug-likeness (QED) is 0.653. The molecule has 0 radical (unpaired) electrons. The van der Waals surface area contributed by atoms with Crippen LogP contribution in [0.15, 0.2) is 47.6 Å². The lowest BCUT2D eigenvalue weighted by Crippen LogP contribution is -2.20. The minimum absolute atomic E-state index is 0.243. The lowest BCUT2D eigenvalue weighted by Gasteiger charge is -2.25. The molecule has 0 saturated heterocycles. The molecule has 0 unspecified atom stereocenters. The van der Waals surface area contributed by atoms with Gasteiger partial charge in [-0.2, -0.15) is 0 Å². The molecule has 32 heavy (non-hydrogen) atoms. The highest BCUT2D eigenvalue weighted by Crippen LogP contribution is 2.42. The number of methoxy groups -OCH3 is 4. The average molecular weight is 432 g/mol. The summed E-state index contributed by atoms with van der Waals surface area (Å²) in [7, 11) is 6.14. The molecule has 2 aliphatic rings. The number of hydrogen-bond donors (Lipinski definition) is 0. The number of ketones is 2. The van der Waals surface area contributed by atoms with Crippen LogP contribution >= 0.6 is 0 Å². The van der Waals surface area contributed by atoms with Crippen LogP contribution in [-0.4, -0.2) is 40.0 Å². The van der Waals surface area contributed by atoms with E-state index in [2.05, 4.69) is 0 Å². The highest BCUT2D eigenvalue weighted by molar-refractivity contribution is 6.26. The predicted molar refractivity (Wildman–Crippen MR) is 121 cm³/mol. The zero-order chi connectivity index (χ0) is 23.2. The summed E-state index contributed by atoms with van der Waals surface area (Å²) in [4.78, 5) is 27.2. The van der Waals surface area contributed by atoms with Crippen molar-refractivity contribution in [3.8, 4) is 11.5 Å². The molecule has 2 aromatic carbocycles. The second kappa shape index (κ2) is 8.04. The van der Waals surface area contributed by atoms with Crippen LogP contribution in [0.5, 0.6) is 11.5 Å². The van der Waals surface area contributed by atoms with E-state index in [1.54, 1.807) is 38.5 Å². The predicted octanol–water partition coefficient (Wildman–Crippen LogP) is 4.68. The minimum Gasteiger partial charge on any atom is -0.496 e. The summed E-state index contributed by atoms with van der Waals surface area (Å²) in [5.41, 5.74) is 4.22. The Hall–Kier alpha value is -3.80. The largest absolute Gasteiger partial charge is 0.496 e. The van der Waals surface area contributed by atoms with Crippen LogP contribution in [0.3, 0.4) is 0 Å². The van der Waals surface area contributed by atoms with E-state index >= 15 is 0 Å². The summed E-state index contributed by atoms with van der Waals surface area (Å²) in [5, 5.41) is 0. The number of fused-ring (bicyclic) bond motifs is 2. The van der Waals surface area contributed by atoms with Crippen molar-refractivity contribution in [3.05, 3.63) is 80.9 Å². The molecule has 0 spiro atoms. The molecule has 4 rings (SSSR count). The van der Waals surface area contributed by atoms with Crippen molar-refractivity contribution in [2.75, 3.05) is 28.4 Å². The van der Waals surface area contributed by atoms with Crippen LogP contribution in [0, 0.1) is 13.8 Å². The summed E-state index contributed by atoms with van der Waals surface area (Å²) < 4.78 is 22.2. The third-order valence-electron chi connectivity index (χ3n) is 5.69. The maximum atomic E-state index is 13.6. The lowest BCUT2D eigenvalue weighted by atomic mass is 9.81. The Morgan fingerprint density at radius 2 is 0.938 bits per heavy atom. The van der Waals surface area contributed by atoms with Crippen LogP contribution in [0.2, 0.25) is 0 Å². The summed E-state index contributed by atoms with van der Waals surface area (Å²) in [6, 6.07) is 7.25. The van der Waals surface area contributed by atoms with Crippen molar-refractivity contribution in [1.29, 1.82) is 0 Å². The number of carbonyl (C=O) groups is 2. The van der Waals surface area contributed by atoms with Gasteiger partial charge in [0.2, 0.25) is 0 Å². The molecule has 6 heteroatoms. The van der Waals surface area contributed by atoms with Gasteiger partial charge in [-0.25, -0.2) is 0 Å². The standard InChI is InChI=1S/C26H24O6/c1-13-7-17-23(19(9-13)29-3)21(31-5)11-15(25(17)27)16-12-22(32-6)24-18(26(16)28)8-14(2)10-20(24)30-4/h7-12H,1-6H3/b16-15-. The van der Waals surface area contributed by atoms with E-state index in [0.29, 0.717) is 45.3 Å². The fourth-order valence-corrected chi connectivity index (χ4v) is 4.24. The third-order valence-corrected chi connectivity index (χ3v) is 5.69. The van der Waals surface area contributed by atoms with Gasteiger partial charge in [0.1, 0.15) is 23.0 Å². The van der Waals surface area contributed by atoms with Crippen molar-refractivity contribution >= 4 is 23.1 Å². The highest BCUT2D eigenvalue weighted by atomic mass is 16.5. The number of allylic oxidation sites excluding steroid dienone is 4. The van der Waals surface area contributed by atoms with Crippen LogP contribution in [-0.2, 0) is 9.47 Å². The Bertz CT molecular complexity index is 1160. The summed E-state index contributed by atoms with van der Waals surface area (Å²) in [6.45, 7) is 3.77. The Balaban J connectivity index is 2.02. The monoisotopic (exact) mass is 432 g/mol. The van der Waals surface area contributed by atoms with Gasteiger partial charge in [0, 0.05) is 22.3 Å². The van der Waals surface area contributed by atoms with Crippen molar-refractivity contribution in [2.24, 2.45) is 0 Å². The van der Waals surface area contributed by atoms with E-state index in [0.717, 1.165) is 11.1 Å². The van der Waals surface area contributed by atoms with Crippen LogP contribution in [0.4, 0.5) is 0 Å². The maximum Gasteiger partial charge on any atom is 0.194 e. The molecule has 2 aliphatic carbocycles. The van der Waals surface area contributed by atoms with Crippen LogP contribution in [0.25, 0.3) is 11.5 Å². The molecule has 0 saturated carbocycles. The zero-order valence-corrected chi connectivity index (χ0v) is 18.9. The SMILES string of the molecule is COC1=C/C(=C2\C=C(OC)c3c(OC)cc(C)cc3C2=O)C(=O)c2cc(C)cc(OC)c21. The minimum atomic E-state index is -0.277. The van der Waals surface area contributed by atoms with Crippen molar-refractivity contribution < 1.29 is 28.5 Å². The van der Waals surface area contributed by atoms with E-state index < -0.39 is 0 Å². The van der Waals surface area contributed by atoms with Gasteiger partial charge >= 0.3 is 0 Å². The molecule has 0 heterocycles. The molecule has 0 atom stereocenters. The van der Waals surface area contributed by atoms with Crippen molar-refractivity contribution in [2.45, 2.75) is 13.8 Å². The Morgan fingerprint density at radius 3 is 1.25 bits per heavy atom. The van der Waals surface area contributed by atoms with Gasteiger partial charge in [-0.1, -0.05) is 0 Å². The van der Waals surface area contributed by atoms with Gasteiger partial charge in [-0.3, -0.25) is 9.59 Å². The van der Waals surface area contributed by atoms with E-state index in [1.165, 1.54) is 14.2 Å². The molecule has 0 aliphatic heterocycles. The molecular weight excluding hydrogens is 408 g/mol. The third kappa shape index (κ3) is 3.19. The van der Waals surface area contributed by atoms with E-state index in [9.17, 15) is 9.59 Å². The maximum absolute atomic E-state index is 13.6. The van der Waals surface area contributed by atoms with Crippen LogP contribution < -0.4 is 9.47 Å². The molecule has 0 N–H and O–H groups in total. The molecule has 164 valence electrons. The molecule has 0 amide bonds. The fourth-order valence-electron chi connectivity index (χ4n) is 4.24. The molecular formula is C26H24O6. The number of benzene rings is 2. The normalized spacial score (nSPS) is 17.2. The first kappa shape index (κ1) is 21.4.